The van der Waals surface area contributed by atoms with E-state index in [1.165, 1.54) is 0 Å². The van der Waals surface area contributed by atoms with E-state index in [1.807, 2.05) is 18.2 Å². The Balaban J connectivity index is 1.42. The summed E-state index contributed by atoms with van der Waals surface area (Å²) in [5.41, 5.74) is 0.975. The third kappa shape index (κ3) is 4.65. The van der Waals surface area contributed by atoms with Crippen LogP contribution in [-0.4, -0.2) is 46.7 Å². The Hall–Kier alpha value is -2.70. The van der Waals surface area contributed by atoms with Gasteiger partial charge in [0.2, 0.25) is 5.95 Å². The fourth-order valence-electron chi connectivity index (χ4n) is 2.82. The molecule has 0 aromatic carbocycles. The van der Waals surface area contributed by atoms with Gasteiger partial charge < -0.3 is 15.5 Å². The molecule has 1 saturated heterocycles. The predicted molar refractivity (Wildman–Crippen MR) is 91.7 cm³/mol. The third-order valence-corrected chi connectivity index (χ3v) is 3.98. The summed E-state index contributed by atoms with van der Waals surface area (Å²) in [5, 5.41) is 5.93. The van der Waals surface area contributed by atoms with Crippen molar-refractivity contribution in [1.82, 2.24) is 25.6 Å². The molecule has 1 unspecified atom stereocenters. The second kappa shape index (κ2) is 8.24. The standard InChI is InChI=1S/C17H22N6O/c24-17(21-11-7-14-5-1-2-8-18-14)22-15-6-3-12-23(13-15)16-19-9-4-10-20-16/h1-2,4-5,8-10,15H,3,6-7,11-13H2,(H2,21,22,24). The molecule has 2 aromatic heterocycles. The van der Waals surface area contributed by atoms with E-state index in [1.54, 1.807) is 24.7 Å². The summed E-state index contributed by atoms with van der Waals surface area (Å²) in [7, 11) is 0. The van der Waals surface area contributed by atoms with Crippen LogP contribution in [0, 0.1) is 0 Å². The first-order chi connectivity index (χ1) is 11.8. The number of nitrogens with zero attached hydrogens (tertiary/aromatic N) is 4. The van der Waals surface area contributed by atoms with Gasteiger partial charge in [-0.2, -0.15) is 0 Å². The molecule has 0 radical (unpaired) electrons. The number of anilines is 1. The van der Waals surface area contributed by atoms with E-state index in [2.05, 4.69) is 30.5 Å². The van der Waals surface area contributed by atoms with E-state index in [9.17, 15) is 4.79 Å². The third-order valence-electron chi connectivity index (χ3n) is 3.98. The van der Waals surface area contributed by atoms with Crippen LogP contribution in [0.4, 0.5) is 10.7 Å². The number of rotatable bonds is 5. The average Bonchev–Trinajstić information content (AvgIpc) is 2.63. The van der Waals surface area contributed by atoms with Gasteiger partial charge in [-0.3, -0.25) is 4.98 Å². The number of piperidine rings is 1. The van der Waals surface area contributed by atoms with Gasteiger partial charge in [-0.1, -0.05) is 6.07 Å². The molecule has 0 spiro atoms. The molecule has 1 aliphatic rings. The number of aromatic nitrogens is 3. The van der Waals surface area contributed by atoms with Crippen LogP contribution in [0.25, 0.3) is 0 Å². The predicted octanol–water partition coefficient (Wildman–Crippen LogP) is 1.38. The molecule has 2 N–H and O–H groups in total. The van der Waals surface area contributed by atoms with E-state index in [4.69, 9.17) is 0 Å². The van der Waals surface area contributed by atoms with Crippen molar-refractivity contribution < 1.29 is 4.79 Å². The van der Waals surface area contributed by atoms with Gasteiger partial charge in [0.15, 0.2) is 0 Å². The van der Waals surface area contributed by atoms with E-state index in [0.29, 0.717) is 6.54 Å². The smallest absolute Gasteiger partial charge is 0.315 e. The van der Waals surface area contributed by atoms with Crippen molar-refractivity contribution in [2.75, 3.05) is 24.5 Å². The van der Waals surface area contributed by atoms with Crippen molar-refractivity contribution in [3.63, 3.8) is 0 Å². The number of urea groups is 1. The van der Waals surface area contributed by atoms with Crippen molar-refractivity contribution in [3.8, 4) is 0 Å². The van der Waals surface area contributed by atoms with Crippen LogP contribution in [0.1, 0.15) is 18.5 Å². The number of amides is 2. The molecule has 1 atom stereocenters. The zero-order chi connectivity index (χ0) is 16.6. The summed E-state index contributed by atoms with van der Waals surface area (Å²) >= 11 is 0. The molecule has 0 aliphatic carbocycles. The van der Waals surface area contributed by atoms with Gasteiger partial charge in [0.05, 0.1) is 0 Å². The number of nitrogens with one attached hydrogen (secondary N) is 2. The molecule has 1 aliphatic heterocycles. The largest absolute Gasteiger partial charge is 0.339 e. The van der Waals surface area contributed by atoms with E-state index < -0.39 is 0 Å². The normalized spacial score (nSPS) is 17.3. The maximum Gasteiger partial charge on any atom is 0.315 e. The molecule has 24 heavy (non-hydrogen) atoms. The van der Waals surface area contributed by atoms with Crippen LogP contribution in [0.15, 0.2) is 42.9 Å². The van der Waals surface area contributed by atoms with E-state index >= 15 is 0 Å². The molecular formula is C17H22N6O. The molecule has 3 heterocycles. The summed E-state index contributed by atoms with van der Waals surface area (Å²) in [4.78, 5) is 27.0. The van der Waals surface area contributed by atoms with Crippen LogP contribution in [-0.2, 0) is 6.42 Å². The second-order valence-corrected chi connectivity index (χ2v) is 5.81. The minimum Gasteiger partial charge on any atom is -0.339 e. The first kappa shape index (κ1) is 16.2. The lowest BCUT2D eigenvalue weighted by Crippen LogP contribution is -2.51. The summed E-state index contributed by atoms with van der Waals surface area (Å²) in [5.74, 6) is 0.722. The molecular weight excluding hydrogens is 304 g/mol. The monoisotopic (exact) mass is 326 g/mol. The van der Waals surface area contributed by atoms with Crippen molar-refractivity contribution >= 4 is 12.0 Å². The zero-order valence-electron chi connectivity index (χ0n) is 13.6. The SMILES string of the molecule is O=C(NCCc1ccccn1)NC1CCCN(c2ncccn2)C1. The lowest BCUT2D eigenvalue weighted by atomic mass is 10.1. The Morgan fingerprint density at radius 1 is 1.17 bits per heavy atom. The van der Waals surface area contributed by atoms with Gasteiger partial charge in [0.1, 0.15) is 0 Å². The van der Waals surface area contributed by atoms with Gasteiger partial charge in [-0.25, -0.2) is 14.8 Å². The van der Waals surface area contributed by atoms with Crippen LogP contribution in [0.2, 0.25) is 0 Å². The summed E-state index contributed by atoms with van der Waals surface area (Å²) in [6.07, 6.45) is 7.95. The number of hydrogen-bond donors (Lipinski definition) is 2. The maximum atomic E-state index is 12.1. The summed E-state index contributed by atoms with van der Waals surface area (Å²) in [6, 6.07) is 7.57. The molecule has 126 valence electrons. The molecule has 2 aromatic rings. The number of hydrogen-bond acceptors (Lipinski definition) is 5. The average molecular weight is 326 g/mol. The number of carbonyl (C=O) groups is 1. The highest BCUT2D eigenvalue weighted by molar-refractivity contribution is 5.74. The van der Waals surface area contributed by atoms with Crippen molar-refractivity contribution in [2.45, 2.75) is 25.3 Å². The molecule has 3 rings (SSSR count). The quantitative estimate of drug-likeness (QED) is 0.867. The Labute approximate surface area is 141 Å². The van der Waals surface area contributed by atoms with E-state index in [0.717, 1.165) is 44.0 Å². The lowest BCUT2D eigenvalue weighted by Gasteiger charge is -2.33. The maximum absolute atomic E-state index is 12.1. The van der Waals surface area contributed by atoms with Crippen molar-refractivity contribution in [1.29, 1.82) is 0 Å². The molecule has 2 amide bonds. The van der Waals surface area contributed by atoms with Crippen LogP contribution < -0.4 is 15.5 Å². The molecule has 1 fully saturated rings. The minimum absolute atomic E-state index is 0.109. The Morgan fingerprint density at radius 2 is 2.00 bits per heavy atom. The van der Waals surface area contributed by atoms with E-state index in [-0.39, 0.29) is 12.1 Å². The second-order valence-electron chi connectivity index (χ2n) is 5.81. The van der Waals surface area contributed by atoms with Gasteiger partial charge >= 0.3 is 6.03 Å². The highest BCUT2D eigenvalue weighted by atomic mass is 16.2. The van der Waals surface area contributed by atoms with Crippen molar-refractivity contribution in [3.05, 3.63) is 48.5 Å². The fraction of sp³-hybridized carbons (Fsp3) is 0.412. The minimum atomic E-state index is -0.133. The van der Waals surface area contributed by atoms with Crippen LogP contribution >= 0.6 is 0 Å². The van der Waals surface area contributed by atoms with Gasteiger partial charge in [-0.15, -0.1) is 0 Å². The Bertz CT molecular complexity index is 636. The van der Waals surface area contributed by atoms with Gasteiger partial charge in [-0.05, 0) is 31.0 Å². The number of carbonyl (C=O) groups excluding carboxylic acids is 1. The Kier molecular flexibility index (Phi) is 5.55. The summed E-state index contributed by atoms with van der Waals surface area (Å²) < 4.78 is 0. The molecule has 0 saturated carbocycles. The van der Waals surface area contributed by atoms with Crippen LogP contribution in [0.5, 0.6) is 0 Å². The van der Waals surface area contributed by atoms with Crippen LogP contribution in [0.3, 0.4) is 0 Å². The highest BCUT2D eigenvalue weighted by Gasteiger charge is 2.22. The first-order valence-corrected chi connectivity index (χ1v) is 8.27. The Morgan fingerprint density at radius 3 is 2.79 bits per heavy atom. The molecule has 0 bridgehead atoms. The molecule has 7 nitrogen and oxygen atoms in total. The topological polar surface area (TPSA) is 83.0 Å². The summed E-state index contributed by atoms with van der Waals surface area (Å²) in [6.45, 7) is 2.22. The first-order valence-electron chi connectivity index (χ1n) is 8.27. The number of pyridine rings is 1. The molecule has 7 heteroatoms. The van der Waals surface area contributed by atoms with Gasteiger partial charge in [0.25, 0.3) is 0 Å². The fourth-order valence-corrected chi connectivity index (χ4v) is 2.82. The zero-order valence-corrected chi connectivity index (χ0v) is 13.6. The van der Waals surface area contributed by atoms with Gasteiger partial charge in [0, 0.05) is 56.4 Å². The highest BCUT2D eigenvalue weighted by Crippen LogP contribution is 2.15. The lowest BCUT2D eigenvalue weighted by molar-refractivity contribution is 0.235. The van der Waals surface area contributed by atoms with Crippen molar-refractivity contribution in [2.24, 2.45) is 0 Å².